The van der Waals surface area contributed by atoms with Crippen LogP contribution in [0.2, 0.25) is 0 Å². The highest BCUT2D eigenvalue weighted by molar-refractivity contribution is 7.10. The van der Waals surface area contributed by atoms with Crippen molar-refractivity contribution in [2.75, 3.05) is 13.1 Å². The number of thiophene rings is 1. The van der Waals surface area contributed by atoms with Crippen molar-refractivity contribution in [1.82, 2.24) is 15.1 Å². The van der Waals surface area contributed by atoms with Gasteiger partial charge in [-0.25, -0.2) is 4.79 Å². The molecular weight excluding hydrogens is 338 g/mol. The van der Waals surface area contributed by atoms with Crippen molar-refractivity contribution < 1.29 is 14.4 Å². The van der Waals surface area contributed by atoms with Gasteiger partial charge in [0.1, 0.15) is 5.54 Å². The van der Waals surface area contributed by atoms with Crippen LogP contribution in [0, 0.1) is 0 Å². The molecule has 25 heavy (non-hydrogen) atoms. The molecule has 3 fully saturated rings. The molecule has 1 saturated carbocycles. The molecule has 0 aromatic carbocycles. The van der Waals surface area contributed by atoms with Gasteiger partial charge in [0.05, 0.1) is 6.04 Å². The summed E-state index contributed by atoms with van der Waals surface area (Å²) in [7, 11) is 0. The predicted molar refractivity (Wildman–Crippen MR) is 94.1 cm³/mol. The zero-order valence-electron chi connectivity index (χ0n) is 14.2. The molecule has 0 radical (unpaired) electrons. The lowest BCUT2D eigenvalue weighted by Crippen LogP contribution is -2.44. The van der Waals surface area contributed by atoms with Gasteiger partial charge in [-0.05, 0) is 37.1 Å². The van der Waals surface area contributed by atoms with E-state index in [9.17, 15) is 14.4 Å². The molecule has 134 valence electrons. The monoisotopic (exact) mass is 361 g/mol. The number of carbonyl (C=O) groups is 3. The quantitative estimate of drug-likeness (QED) is 0.838. The van der Waals surface area contributed by atoms with E-state index < -0.39 is 5.54 Å². The van der Waals surface area contributed by atoms with E-state index in [1.165, 1.54) is 9.78 Å². The largest absolute Gasteiger partial charge is 0.335 e. The van der Waals surface area contributed by atoms with E-state index in [0.29, 0.717) is 12.8 Å². The average Bonchev–Trinajstić information content (AvgIpc) is 3.36. The van der Waals surface area contributed by atoms with Crippen LogP contribution < -0.4 is 5.32 Å². The Morgan fingerprint density at radius 2 is 2.08 bits per heavy atom. The van der Waals surface area contributed by atoms with E-state index in [1.54, 1.807) is 11.3 Å². The van der Waals surface area contributed by atoms with E-state index >= 15 is 0 Å². The topological polar surface area (TPSA) is 69.7 Å². The summed E-state index contributed by atoms with van der Waals surface area (Å²) in [6.07, 6.45) is 5.56. The number of hydrogen-bond donors (Lipinski definition) is 1. The Bertz CT molecular complexity index is 682. The first-order valence-corrected chi connectivity index (χ1v) is 9.96. The number of nitrogens with zero attached hydrogens (tertiary/aromatic N) is 2. The number of amides is 4. The highest BCUT2D eigenvalue weighted by atomic mass is 32.1. The van der Waals surface area contributed by atoms with Gasteiger partial charge in [0, 0.05) is 24.4 Å². The summed E-state index contributed by atoms with van der Waals surface area (Å²) < 4.78 is 0. The van der Waals surface area contributed by atoms with E-state index in [2.05, 4.69) is 11.4 Å². The van der Waals surface area contributed by atoms with Crippen molar-refractivity contribution in [3.05, 3.63) is 22.4 Å². The van der Waals surface area contributed by atoms with Crippen molar-refractivity contribution in [1.29, 1.82) is 0 Å². The van der Waals surface area contributed by atoms with Gasteiger partial charge >= 0.3 is 6.03 Å². The Kier molecular flexibility index (Phi) is 4.27. The average molecular weight is 361 g/mol. The normalized spacial score (nSPS) is 25.2. The molecule has 1 aromatic heterocycles. The predicted octanol–water partition coefficient (Wildman–Crippen LogP) is 2.67. The SMILES string of the molecule is O=C1NC2(CCCC2)C(=O)N1CCC(=O)N1CCCC1c1cccs1. The van der Waals surface area contributed by atoms with Crippen LogP contribution in [0.25, 0.3) is 0 Å². The minimum Gasteiger partial charge on any atom is -0.335 e. The Labute approximate surface area is 151 Å². The molecule has 1 spiro atoms. The summed E-state index contributed by atoms with van der Waals surface area (Å²) in [4.78, 5) is 41.9. The molecule has 2 saturated heterocycles. The fraction of sp³-hybridized carbons (Fsp3) is 0.611. The number of urea groups is 1. The smallest absolute Gasteiger partial charge is 0.325 e. The van der Waals surface area contributed by atoms with Gasteiger partial charge in [0.25, 0.3) is 5.91 Å². The molecule has 1 aromatic rings. The van der Waals surface area contributed by atoms with Gasteiger partial charge < -0.3 is 10.2 Å². The van der Waals surface area contributed by atoms with Crippen LogP contribution in [0.3, 0.4) is 0 Å². The first-order valence-electron chi connectivity index (χ1n) is 9.08. The van der Waals surface area contributed by atoms with Crippen LogP contribution in [0.4, 0.5) is 4.79 Å². The second-order valence-electron chi connectivity index (χ2n) is 7.19. The summed E-state index contributed by atoms with van der Waals surface area (Å²) in [5.74, 6) is -0.108. The minimum atomic E-state index is -0.687. The molecule has 1 unspecified atom stereocenters. The lowest BCUT2D eigenvalue weighted by atomic mass is 9.98. The summed E-state index contributed by atoms with van der Waals surface area (Å²) in [5, 5.41) is 4.90. The molecule has 1 N–H and O–H groups in total. The molecule has 4 rings (SSSR count). The fourth-order valence-corrected chi connectivity index (χ4v) is 5.26. The van der Waals surface area contributed by atoms with Gasteiger partial charge in [-0.1, -0.05) is 18.9 Å². The molecule has 6 nitrogen and oxygen atoms in total. The highest BCUT2D eigenvalue weighted by Crippen LogP contribution is 2.36. The zero-order valence-corrected chi connectivity index (χ0v) is 15.0. The summed E-state index contributed by atoms with van der Waals surface area (Å²) in [6, 6.07) is 3.89. The first kappa shape index (κ1) is 16.6. The van der Waals surface area contributed by atoms with E-state index in [1.807, 2.05) is 16.3 Å². The third-order valence-corrected chi connectivity index (χ3v) is 6.67. The number of likely N-dealkylation sites (tertiary alicyclic amines) is 1. The van der Waals surface area contributed by atoms with E-state index in [0.717, 1.165) is 32.2 Å². The highest BCUT2D eigenvalue weighted by Gasteiger charge is 2.52. The van der Waals surface area contributed by atoms with Gasteiger partial charge in [-0.3, -0.25) is 14.5 Å². The van der Waals surface area contributed by atoms with Crippen molar-refractivity contribution in [3.8, 4) is 0 Å². The molecular formula is C18H23N3O3S. The Morgan fingerprint density at radius 1 is 1.28 bits per heavy atom. The molecule has 3 heterocycles. The van der Waals surface area contributed by atoms with Crippen molar-refractivity contribution >= 4 is 29.2 Å². The number of rotatable bonds is 4. The van der Waals surface area contributed by atoms with Gasteiger partial charge in [-0.15, -0.1) is 11.3 Å². The van der Waals surface area contributed by atoms with Crippen LogP contribution in [0.5, 0.6) is 0 Å². The second kappa shape index (κ2) is 6.44. The number of hydrogen-bond acceptors (Lipinski definition) is 4. The van der Waals surface area contributed by atoms with Crippen molar-refractivity contribution in [2.24, 2.45) is 0 Å². The summed E-state index contributed by atoms with van der Waals surface area (Å²) in [5.41, 5.74) is -0.687. The number of carbonyl (C=O) groups excluding carboxylic acids is 3. The van der Waals surface area contributed by atoms with Crippen molar-refractivity contribution in [2.45, 2.75) is 56.5 Å². The lowest BCUT2D eigenvalue weighted by molar-refractivity contribution is -0.134. The maximum atomic E-state index is 12.7. The molecule has 2 aliphatic heterocycles. The molecule has 0 bridgehead atoms. The lowest BCUT2D eigenvalue weighted by Gasteiger charge is -2.25. The van der Waals surface area contributed by atoms with Crippen molar-refractivity contribution in [3.63, 3.8) is 0 Å². The van der Waals surface area contributed by atoms with Gasteiger partial charge in [0.15, 0.2) is 0 Å². The second-order valence-corrected chi connectivity index (χ2v) is 8.17. The minimum absolute atomic E-state index is 0.0314. The molecule has 7 heteroatoms. The Balaban J connectivity index is 1.39. The summed E-state index contributed by atoms with van der Waals surface area (Å²) in [6.45, 7) is 0.935. The van der Waals surface area contributed by atoms with Crippen LogP contribution in [-0.4, -0.2) is 46.3 Å². The van der Waals surface area contributed by atoms with Gasteiger partial charge in [0.2, 0.25) is 5.91 Å². The first-order chi connectivity index (χ1) is 12.1. The molecule has 3 aliphatic rings. The maximum absolute atomic E-state index is 12.7. The van der Waals surface area contributed by atoms with Crippen LogP contribution >= 0.6 is 11.3 Å². The summed E-state index contributed by atoms with van der Waals surface area (Å²) >= 11 is 1.68. The third kappa shape index (κ3) is 2.84. The molecule has 4 amide bonds. The molecule has 1 aliphatic carbocycles. The van der Waals surface area contributed by atoms with Crippen LogP contribution in [0.1, 0.15) is 55.9 Å². The van der Waals surface area contributed by atoms with Crippen LogP contribution in [-0.2, 0) is 9.59 Å². The Morgan fingerprint density at radius 3 is 2.80 bits per heavy atom. The molecule has 1 atom stereocenters. The number of imide groups is 1. The van der Waals surface area contributed by atoms with Crippen LogP contribution in [0.15, 0.2) is 17.5 Å². The van der Waals surface area contributed by atoms with E-state index in [4.69, 9.17) is 0 Å². The van der Waals surface area contributed by atoms with Gasteiger partial charge in [-0.2, -0.15) is 0 Å². The fourth-order valence-electron chi connectivity index (χ4n) is 4.39. The Hall–Kier alpha value is -1.89. The van der Waals surface area contributed by atoms with E-state index in [-0.39, 0.29) is 36.9 Å². The zero-order chi connectivity index (χ0) is 17.4. The third-order valence-electron chi connectivity index (χ3n) is 5.70. The number of nitrogens with one attached hydrogen (secondary N) is 1. The maximum Gasteiger partial charge on any atom is 0.325 e. The standard InChI is InChI=1S/C18H23N3O3S/c22-15(20-10-3-5-13(20)14-6-4-12-25-14)7-11-21-16(23)18(19-17(21)24)8-1-2-9-18/h4,6,12-13H,1-3,5,7-11H2,(H,19,24).